The molecule has 0 saturated carbocycles. The summed E-state index contributed by atoms with van der Waals surface area (Å²) in [6.07, 6.45) is 0. The van der Waals surface area contributed by atoms with Crippen molar-refractivity contribution in [2.75, 3.05) is 11.9 Å². The standard InChI is InChI=1S/C17H19FN2O/c1-3-19-17(21)13-8-9-16(12(2)10-13)20-11-14-6-4-5-7-15(14)18/h4-10,20H,3,11H2,1-2H3,(H,19,21). The van der Waals surface area contributed by atoms with E-state index in [1.165, 1.54) is 6.07 Å². The summed E-state index contributed by atoms with van der Waals surface area (Å²) in [6, 6.07) is 12.1. The molecule has 0 radical (unpaired) electrons. The molecule has 0 unspecified atom stereocenters. The van der Waals surface area contributed by atoms with Crippen LogP contribution in [0.4, 0.5) is 10.1 Å². The summed E-state index contributed by atoms with van der Waals surface area (Å²) in [4.78, 5) is 11.8. The summed E-state index contributed by atoms with van der Waals surface area (Å²) in [5.41, 5.74) is 3.09. The molecule has 0 aromatic heterocycles. The molecule has 110 valence electrons. The maximum atomic E-state index is 13.6. The minimum atomic E-state index is -0.221. The first-order valence-electron chi connectivity index (χ1n) is 6.98. The largest absolute Gasteiger partial charge is 0.381 e. The lowest BCUT2D eigenvalue weighted by atomic mass is 10.1. The monoisotopic (exact) mass is 286 g/mol. The Morgan fingerprint density at radius 1 is 1.19 bits per heavy atom. The third-order valence-corrected chi connectivity index (χ3v) is 3.25. The first-order valence-corrected chi connectivity index (χ1v) is 6.98. The fraction of sp³-hybridized carbons (Fsp3) is 0.235. The molecule has 4 heteroatoms. The predicted octanol–water partition coefficient (Wildman–Crippen LogP) is 3.50. The maximum absolute atomic E-state index is 13.6. The Hall–Kier alpha value is -2.36. The van der Waals surface area contributed by atoms with Crippen molar-refractivity contribution in [1.29, 1.82) is 0 Å². The van der Waals surface area contributed by atoms with Crippen molar-refractivity contribution in [2.45, 2.75) is 20.4 Å². The van der Waals surface area contributed by atoms with Crippen molar-refractivity contribution in [1.82, 2.24) is 5.32 Å². The van der Waals surface area contributed by atoms with Gasteiger partial charge in [-0.15, -0.1) is 0 Å². The Morgan fingerprint density at radius 2 is 1.95 bits per heavy atom. The zero-order chi connectivity index (χ0) is 15.2. The van der Waals surface area contributed by atoms with Crippen molar-refractivity contribution in [3.8, 4) is 0 Å². The number of carbonyl (C=O) groups is 1. The molecule has 21 heavy (non-hydrogen) atoms. The van der Waals surface area contributed by atoms with Gasteiger partial charge in [0.05, 0.1) is 0 Å². The van der Waals surface area contributed by atoms with Crippen LogP contribution in [0.5, 0.6) is 0 Å². The minimum Gasteiger partial charge on any atom is -0.381 e. The van der Waals surface area contributed by atoms with E-state index in [9.17, 15) is 9.18 Å². The fourth-order valence-corrected chi connectivity index (χ4v) is 2.10. The molecule has 0 fully saturated rings. The zero-order valence-corrected chi connectivity index (χ0v) is 12.2. The van der Waals surface area contributed by atoms with E-state index in [1.54, 1.807) is 18.2 Å². The molecule has 0 aliphatic rings. The molecule has 2 aromatic rings. The third kappa shape index (κ3) is 3.81. The number of benzene rings is 2. The number of anilines is 1. The first kappa shape index (κ1) is 15.0. The molecule has 0 bridgehead atoms. The lowest BCUT2D eigenvalue weighted by molar-refractivity contribution is 0.0956. The highest BCUT2D eigenvalue weighted by atomic mass is 19.1. The lowest BCUT2D eigenvalue weighted by Crippen LogP contribution is -2.22. The smallest absolute Gasteiger partial charge is 0.251 e. The van der Waals surface area contributed by atoms with Gasteiger partial charge in [-0.3, -0.25) is 4.79 Å². The van der Waals surface area contributed by atoms with Gasteiger partial charge in [0, 0.05) is 29.9 Å². The Kier molecular flexibility index (Phi) is 4.93. The quantitative estimate of drug-likeness (QED) is 0.883. The second-order valence-corrected chi connectivity index (χ2v) is 4.83. The first-order chi connectivity index (χ1) is 10.1. The summed E-state index contributed by atoms with van der Waals surface area (Å²) >= 11 is 0. The van der Waals surface area contributed by atoms with Gasteiger partial charge < -0.3 is 10.6 Å². The molecule has 0 heterocycles. The van der Waals surface area contributed by atoms with Gasteiger partial charge in [-0.2, -0.15) is 0 Å². The second kappa shape index (κ2) is 6.88. The van der Waals surface area contributed by atoms with Crippen molar-refractivity contribution >= 4 is 11.6 Å². The molecule has 2 rings (SSSR count). The highest BCUT2D eigenvalue weighted by Crippen LogP contribution is 2.18. The van der Waals surface area contributed by atoms with E-state index in [2.05, 4.69) is 10.6 Å². The molecule has 0 aliphatic carbocycles. The molecule has 0 atom stereocenters. The number of rotatable bonds is 5. The number of halogens is 1. The van der Waals surface area contributed by atoms with Crippen LogP contribution >= 0.6 is 0 Å². The number of carbonyl (C=O) groups excluding carboxylic acids is 1. The molecule has 2 aromatic carbocycles. The van der Waals surface area contributed by atoms with E-state index >= 15 is 0 Å². The summed E-state index contributed by atoms with van der Waals surface area (Å²) in [5.74, 6) is -0.303. The Labute approximate surface area is 124 Å². The van der Waals surface area contributed by atoms with Gasteiger partial charge in [0.1, 0.15) is 5.82 Å². The van der Waals surface area contributed by atoms with Crippen LogP contribution in [0.2, 0.25) is 0 Å². The van der Waals surface area contributed by atoms with Gasteiger partial charge >= 0.3 is 0 Å². The van der Waals surface area contributed by atoms with Crippen molar-refractivity contribution in [2.24, 2.45) is 0 Å². The summed E-state index contributed by atoms with van der Waals surface area (Å²) in [7, 11) is 0. The molecule has 0 spiro atoms. The molecule has 2 N–H and O–H groups in total. The van der Waals surface area contributed by atoms with Crippen LogP contribution in [0.1, 0.15) is 28.4 Å². The van der Waals surface area contributed by atoms with Crippen LogP contribution in [0.25, 0.3) is 0 Å². The Morgan fingerprint density at radius 3 is 2.62 bits per heavy atom. The van der Waals surface area contributed by atoms with Crippen molar-refractivity contribution in [3.63, 3.8) is 0 Å². The topological polar surface area (TPSA) is 41.1 Å². The average molecular weight is 286 g/mol. The van der Waals surface area contributed by atoms with Crippen LogP contribution in [0, 0.1) is 12.7 Å². The van der Waals surface area contributed by atoms with Crippen LogP contribution < -0.4 is 10.6 Å². The Bertz CT molecular complexity index is 640. The normalized spacial score (nSPS) is 10.2. The van der Waals surface area contributed by atoms with Gasteiger partial charge in [0.25, 0.3) is 5.91 Å². The average Bonchev–Trinajstić information content (AvgIpc) is 2.47. The van der Waals surface area contributed by atoms with Gasteiger partial charge in [-0.25, -0.2) is 4.39 Å². The Balaban J connectivity index is 2.08. The molecule has 0 saturated heterocycles. The molecular formula is C17H19FN2O. The molecular weight excluding hydrogens is 267 g/mol. The summed E-state index contributed by atoms with van der Waals surface area (Å²) in [5, 5.41) is 5.96. The third-order valence-electron chi connectivity index (χ3n) is 3.25. The predicted molar refractivity (Wildman–Crippen MR) is 82.9 cm³/mol. The van der Waals surface area contributed by atoms with Crippen LogP contribution in [-0.2, 0) is 6.54 Å². The summed E-state index contributed by atoms with van der Waals surface area (Å²) < 4.78 is 13.6. The number of nitrogens with one attached hydrogen (secondary N) is 2. The van der Waals surface area contributed by atoms with E-state index < -0.39 is 0 Å². The van der Waals surface area contributed by atoms with Crippen molar-refractivity contribution in [3.05, 3.63) is 65.0 Å². The second-order valence-electron chi connectivity index (χ2n) is 4.83. The van der Waals surface area contributed by atoms with E-state index in [0.717, 1.165) is 11.3 Å². The number of hydrogen-bond donors (Lipinski definition) is 2. The van der Waals surface area contributed by atoms with Crippen LogP contribution in [0.3, 0.4) is 0 Å². The van der Waals surface area contributed by atoms with Gasteiger partial charge in [-0.1, -0.05) is 18.2 Å². The van der Waals surface area contributed by atoms with Gasteiger partial charge in [0.15, 0.2) is 0 Å². The van der Waals surface area contributed by atoms with Crippen LogP contribution in [0.15, 0.2) is 42.5 Å². The maximum Gasteiger partial charge on any atom is 0.251 e. The van der Waals surface area contributed by atoms with E-state index in [1.807, 2.05) is 32.0 Å². The SMILES string of the molecule is CCNC(=O)c1ccc(NCc2ccccc2F)c(C)c1. The number of aryl methyl sites for hydroxylation is 1. The molecule has 0 aliphatic heterocycles. The summed E-state index contributed by atoms with van der Waals surface area (Å²) in [6.45, 7) is 4.82. The fourth-order valence-electron chi connectivity index (χ4n) is 2.10. The van der Waals surface area contributed by atoms with E-state index in [4.69, 9.17) is 0 Å². The minimum absolute atomic E-state index is 0.0822. The number of hydrogen-bond acceptors (Lipinski definition) is 2. The number of amides is 1. The molecule has 3 nitrogen and oxygen atoms in total. The van der Waals surface area contributed by atoms with Crippen molar-refractivity contribution < 1.29 is 9.18 Å². The van der Waals surface area contributed by atoms with E-state index in [0.29, 0.717) is 24.2 Å². The highest BCUT2D eigenvalue weighted by molar-refractivity contribution is 5.94. The van der Waals surface area contributed by atoms with Gasteiger partial charge in [0.2, 0.25) is 0 Å². The lowest BCUT2D eigenvalue weighted by Gasteiger charge is -2.11. The molecule has 1 amide bonds. The van der Waals surface area contributed by atoms with Crippen LogP contribution in [-0.4, -0.2) is 12.5 Å². The van der Waals surface area contributed by atoms with E-state index in [-0.39, 0.29) is 11.7 Å². The zero-order valence-electron chi connectivity index (χ0n) is 12.2. The van der Waals surface area contributed by atoms with Gasteiger partial charge in [-0.05, 0) is 43.7 Å². The highest BCUT2D eigenvalue weighted by Gasteiger charge is 2.07.